The van der Waals surface area contributed by atoms with Crippen molar-refractivity contribution in [3.63, 3.8) is 0 Å². The van der Waals surface area contributed by atoms with E-state index in [0.717, 1.165) is 28.7 Å². The van der Waals surface area contributed by atoms with Crippen molar-refractivity contribution >= 4 is 28.1 Å². The third kappa shape index (κ3) is 14.7. The molecule has 1 aromatic carbocycles. The van der Waals surface area contributed by atoms with E-state index in [0.29, 0.717) is 13.2 Å². The maximum Gasteiger partial charge on any atom is 0.307 e. The molecule has 38 heavy (non-hydrogen) atoms. The number of carbonyl (C=O) groups excluding carboxylic acids is 1. The summed E-state index contributed by atoms with van der Waals surface area (Å²) in [5.41, 5.74) is 8.38. The van der Waals surface area contributed by atoms with Gasteiger partial charge in [0.25, 0.3) is 0 Å². The normalized spacial score (nSPS) is 16.0. The molecule has 0 bridgehead atoms. The predicted octanol–water partition coefficient (Wildman–Crippen LogP) is 4.39. The fraction of sp³-hybridized carbons (Fsp3) is 0.667. The van der Waals surface area contributed by atoms with Crippen LogP contribution in [0.2, 0.25) is 49.4 Å². The molecule has 0 saturated heterocycles. The summed E-state index contributed by atoms with van der Waals surface area (Å²) < 4.78 is 5.28. The number of carbonyl (C=O) groups is 2. The van der Waals surface area contributed by atoms with Gasteiger partial charge in [0.2, 0.25) is 0 Å². The summed E-state index contributed by atoms with van der Waals surface area (Å²) in [6.45, 7) is 10.2. The van der Waals surface area contributed by atoms with E-state index in [-0.39, 0.29) is 62.0 Å². The van der Waals surface area contributed by atoms with Gasteiger partial charge in [-0.25, -0.2) is 0 Å². The molecule has 0 aliphatic heterocycles. The first-order valence-electron chi connectivity index (χ1n) is 13.0. The van der Waals surface area contributed by atoms with Crippen LogP contribution in [0.1, 0.15) is 44.1 Å². The fourth-order valence-electron chi connectivity index (χ4n) is 5.09. The molecule has 2 saturated carbocycles. The second kappa shape index (κ2) is 18.1. The number of ether oxygens (including phenoxy) is 1. The summed E-state index contributed by atoms with van der Waals surface area (Å²) in [5, 5.41) is 18.0. The van der Waals surface area contributed by atoms with Gasteiger partial charge in [-0.2, -0.15) is 5.26 Å². The Balaban J connectivity index is 0. The number of benzene rings is 1. The second-order valence-corrected chi connectivity index (χ2v) is 22.2. The van der Waals surface area contributed by atoms with Crippen molar-refractivity contribution in [1.82, 2.24) is 0 Å². The zero-order chi connectivity index (χ0) is 26.1. The van der Waals surface area contributed by atoms with Crippen LogP contribution in [0.25, 0.3) is 0 Å². The van der Waals surface area contributed by atoms with Crippen molar-refractivity contribution in [3.05, 3.63) is 35.9 Å². The van der Waals surface area contributed by atoms with Gasteiger partial charge in [-0.1, -0.05) is 88.2 Å². The van der Waals surface area contributed by atoms with Gasteiger partial charge in [-0.05, 0) is 35.2 Å². The van der Waals surface area contributed by atoms with E-state index in [9.17, 15) is 14.9 Å². The number of hydrogen-bond acceptors (Lipinski definition) is 5. The number of hydrogen-bond donors (Lipinski definition) is 2. The molecule has 2 fully saturated rings. The number of esters is 1. The zero-order valence-electron chi connectivity index (χ0n) is 23.3. The van der Waals surface area contributed by atoms with Crippen molar-refractivity contribution in [2.24, 2.45) is 17.6 Å². The molecule has 0 spiro atoms. The topological polar surface area (TPSA) is 176 Å². The maximum atomic E-state index is 11.9. The predicted molar refractivity (Wildman–Crippen MR) is 153 cm³/mol. The molecule has 2 unspecified atom stereocenters. The minimum atomic E-state index is -1.34. The van der Waals surface area contributed by atoms with E-state index in [1.807, 2.05) is 30.3 Å². The number of carboxylic acids is 1. The average Bonchev–Trinajstić information content (AvgIpc) is 3.69. The van der Waals surface area contributed by atoms with E-state index in [4.69, 9.17) is 15.6 Å². The Kier molecular flexibility index (Phi) is 18.4. The summed E-state index contributed by atoms with van der Waals surface area (Å²) in [7, 11) is -2.50. The second-order valence-electron chi connectivity index (χ2n) is 11.8. The Morgan fingerprint density at radius 2 is 1.50 bits per heavy atom. The molecule has 0 aromatic heterocycles. The Bertz CT molecular complexity index is 874. The monoisotopic (exact) mass is 658 g/mol. The molecule has 11 heteroatoms. The largest absolute Gasteiger partial charge is 0.481 e. The van der Waals surface area contributed by atoms with Crippen LogP contribution in [0.15, 0.2) is 30.3 Å². The van der Waals surface area contributed by atoms with Gasteiger partial charge < -0.3 is 26.5 Å². The standard InChI is InChI=1S/C17H23NO2Si.C10H21NO2Si.2H2O.Pd/c1-21(2,16-8-9-16)13-15(11-18)10-17(19)20-12-14-6-4-3-5-7-14;1-14(2,9-3-4-9)7-8(6-11)5-10(12)13;;;/h3-7,15-16H,8-10,12-13H2,1-2H3;8-9H,3-7,11H2,1-2H3,(H,12,13);2*1H2;. The molecular weight excluding hydrogens is 611 g/mol. The number of nitrogens with two attached hydrogens (primary N) is 1. The molecule has 8 nitrogen and oxygen atoms in total. The van der Waals surface area contributed by atoms with E-state index >= 15 is 0 Å². The van der Waals surface area contributed by atoms with Crippen molar-refractivity contribution in [1.29, 1.82) is 5.26 Å². The van der Waals surface area contributed by atoms with Crippen LogP contribution >= 0.6 is 0 Å². The van der Waals surface area contributed by atoms with Gasteiger partial charge >= 0.3 is 11.9 Å². The quantitative estimate of drug-likeness (QED) is 0.235. The molecule has 1 aromatic rings. The van der Waals surface area contributed by atoms with Crippen molar-refractivity contribution in [2.75, 3.05) is 6.54 Å². The van der Waals surface area contributed by atoms with Gasteiger partial charge in [0.15, 0.2) is 0 Å². The third-order valence-electron chi connectivity index (χ3n) is 7.59. The van der Waals surface area contributed by atoms with E-state index < -0.39 is 22.1 Å². The average molecular weight is 659 g/mol. The number of rotatable bonds is 13. The third-order valence-corrected chi connectivity index (χ3v) is 16.3. The molecular formula is C27H48N2O6PdSi2. The van der Waals surface area contributed by atoms with Crippen LogP contribution in [0.5, 0.6) is 0 Å². The Hall–Kier alpha value is -1.37. The molecule has 220 valence electrons. The Morgan fingerprint density at radius 1 is 1.00 bits per heavy atom. The number of aliphatic carboxylic acids is 1. The molecule has 2 aliphatic carbocycles. The van der Waals surface area contributed by atoms with Crippen LogP contribution in [0.4, 0.5) is 0 Å². The van der Waals surface area contributed by atoms with Crippen LogP contribution in [-0.2, 0) is 41.4 Å². The zero-order valence-corrected chi connectivity index (χ0v) is 26.8. The van der Waals surface area contributed by atoms with Crippen molar-refractivity contribution in [2.45, 2.75) is 94.5 Å². The van der Waals surface area contributed by atoms with Crippen molar-refractivity contribution in [3.8, 4) is 6.07 Å². The van der Waals surface area contributed by atoms with Crippen LogP contribution in [0, 0.1) is 23.2 Å². The van der Waals surface area contributed by atoms with Crippen LogP contribution in [0.3, 0.4) is 0 Å². The van der Waals surface area contributed by atoms with Crippen LogP contribution < -0.4 is 5.73 Å². The molecule has 2 atom stereocenters. The number of carboxylic acid groups (broad SMARTS) is 1. The Morgan fingerprint density at radius 3 is 1.92 bits per heavy atom. The summed E-state index contributed by atoms with van der Waals surface area (Å²) in [6.07, 6.45) is 5.84. The number of nitriles is 1. The van der Waals surface area contributed by atoms with Crippen molar-refractivity contribution < 1.29 is 50.8 Å². The summed E-state index contributed by atoms with van der Waals surface area (Å²) >= 11 is 0. The molecule has 3 rings (SSSR count). The first kappa shape index (κ1) is 38.8. The Labute approximate surface area is 244 Å². The van der Waals surface area contributed by atoms with Crippen LogP contribution in [-0.4, -0.2) is 50.7 Å². The van der Waals surface area contributed by atoms with E-state index in [2.05, 4.69) is 32.3 Å². The minimum absolute atomic E-state index is 0. The molecule has 0 heterocycles. The fourth-order valence-corrected chi connectivity index (χ4v) is 12.5. The number of nitrogens with zero attached hydrogens (tertiary/aromatic N) is 1. The molecule has 7 N–H and O–H groups in total. The molecule has 0 radical (unpaired) electrons. The van der Waals surface area contributed by atoms with Gasteiger partial charge in [-0.3, -0.25) is 9.59 Å². The smallest absolute Gasteiger partial charge is 0.307 e. The first-order chi connectivity index (χ1) is 16.5. The summed E-state index contributed by atoms with van der Waals surface area (Å²) in [5.74, 6) is -0.947. The van der Waals surface area contributed by atoms with Gasteiger partial charge in [0, 0.05) is 26.8 Å². The van der Waals surface area contributed by atoms with E-state index in [1.165, 1.54) is 25.7 Å². The SMILES string of the molecule is C[Si](C)(CC(C#N)CC(=O)OCc1ccccc1)C1CC1.C[Si](C)(CC(CN)CC(=O)O)C1CC1.O.O.[Pd]. The van der Waals surface area contributed by atoms with E-state index in [1.54, 1.807) is 0 Å². The van der Waals surface area contributed by atoms with Gasteiger partial charge in [-0.15, -0.1) is 0 Å². The molecule has 0 amide bonds. The molecule has 2 aliphatic rings. The van der Waals surface area contributed by atoms with Gasteiger partial charge in [0.05, 0.1) is 34.6 Å². The summed E-state index contributed by atoms with van der Waals surface area (Å²) in [4.78, 5) is 22.5. The minimum Gasteiger partial charge on any atom is -0.481 e. The maximum absolute atomic E-state index is 11.9. The first-order valence-corrected chi connectivity index (χ1v) is 19.5. The summed E-state index contributed by atoms with van der Waals surface area (Å²) in [6, 6.07) is 13.9. The van der Waals surface area contributed by atoms with Gasteiger partial charge in [0.1, 0.15) is 6.61 Å².